The Hall–Kier alpha value is -2.60. The van der Waals surface area contributed by atoms with E-state index in [9.17, 15) is 8.78 Å². The molecule has 0 N–H and O–H groups in total. The molecule has 26 heavy (non-hydrogen) atoms. The van der Waals surface area contributed by atoms with E-state index in [2.05, 4.69) is 15.0 Å². The highest BCUT2D eigenvalue weighted by Crippen LogP contribution is 2.28. The minimum atomic E-state index is -0.291. The van der Waals surface area contributed by atoms with Crippen molar-refractivity contribution >= 4 is 0 Å². The van der Waals surface area contributed by atoms with Gasteiger partial charge in [-0.05, 0) is 61.3 Å². The minimum absolute atomic E-state index is 0.172. The molecule has 4 nitrogen and oxygen atoms in total. The van der Waals surface area contributed by atoms with Crippen molar-refractivity contribution in [2.45, 2.75) is 25.3 Å². The molecule has 0 spiro atoms. The third kappa shape index (κ3) is 3.80. The molecule has 134 valence electrons. The van der Waals surface area contributed by atoms with Gasteiger partial charge in [-0.15, -0.1) is 0 Å². The number of rotatable bonds is 4. The van der Waals surface area contributed by atoms with E-state index in [0.717, 1.165) is 43.6 Å². The van der Waals surface area contributed by atoms with Crippen LogP contribution in [0.15, 0.2) is 53.1 Å². The van der Waals surface area contributed by atoms with Gasteiger partial charge in [0.1, 0.15) is 11.6 Å². The van der Waals surface area contributed by atoms with E-state index in [1.807, 2.05) is 12.1 Å². The Morgan fingerprint density at radius 2 is 1.69 bits per heavy atom. The molecule has 0 saturated carbocycles. The zero-order valence-corrected chi connectivity index (χ0v) is 14.2. The quantitative estimate of drug-likeness (QED) is 0.696. The highest BCUT2D eigenvalue weighted by molar-refractivity contribution is 5.53. The third-order valence-corrected chi connectivity index (χ3v) is 4.72. The maximum Gasteiger partial charge on any atom is 0.231 e. The second-order valence-electron chi connectivity index (χ2n) is 6.66. The second kappa shape index (κ2) is 7.33. The maximum absolute atomic E-state index is 13.1. The lowest BCUT2D eigenvalue weighted by Gasteiger charge is -2.30. The first-order valence-corrected chi connectivity index (χ1v) is 8.74. The molecule has 1 atom stereocenters. The topological polar surface area (TPSA) is 42.2 Å². The van der Waals surface area contributed by atoms with Gasteiger partial charge in [-0.3, -0.25) is 4.90 Å². The zero-order chi connectivity index (χ0) is 17.9. The molecule has 0 aliphatic carbocycles. The predicted octanol–water partition coefficient (Wildman–Crippen LogP) is 4.39. The molecule has 0 unspecified atom stereocenters. The highest BCUT2D eigenvalue weighted by atomic mass is 19.1. The Balaban J connectivity index is 1.44. The summed E-state index contributed by atoms with van der Waals surface area (Å²) in [6.45, 7) is 2.59. The van der Waals surface area contributed by atoms with Crippen molar-refractivity contribution in [3.05, 3.63) is 71.6 Å². The van der Waals surface area contributed by atoms with Gasteiger partial charge in [-0.1, -0.05) is 17.3 Å². The van der Waals surface area contributed by atoms with Gasteiger partial charge in [-0.25, -0.2) is 8.78 Å². The molecular formula is C20H19F2N3O. The van der Waals surface area contributed by atoms with E-state index in [-0.39, 0.29) is 17.6 Å². The van der Waals surface area contributed by atoms with Crippen LogP contribution in [0.1, 0.15) is 30.2 Å². The van der Waals surface area contributed by atoms with Crippen LogP contribution >= 0.6 is 0 Å². The van der Waals surface area contributed by atoms with Gasteiger partial charge in [0.15, 0.2) is 0 Å². The molecule has 2 heterocycles. The van der Waals surface area contributed by atoms with Gasteiger partial charge in [0.25, 0.3) is 0 Å². The molecule has 4 rings (SSSR count). The maximum atomic E-state index is 13.1. The molecule has 6 heteroatoms. The lowest BCUT2D eigenvalue weighted by atomic mass is 9.97. The number of piperidine rings is 1. The summed E-state index contributed by atoms with van der Waals surface area (Å²) in [6.07, 6.45) is 2.03. The Labute approximate surface area is 150 Å². The minimum Gasteiger partial charge on any atom is -0.339 e. The van der Waals surface area contributed by atoms with Crippen molar-refractivity contribution in [1.82, 2.24) is 15.0 Å². The summed E-state index contributed by atoms with van der Waals surface area (Å²) in [5.74, 6) is 0.764. The fraction of sp³-hybridized carbons (Fsp3) is 0.300. The first-order chi connectivity index (χ1) is 12.7. The smallest absolute Gasteiger partial charge is 0.231 e. The van der Waals surface area contributed by atoms with Crippen LogP contribution in [-0.4, -0.2) is 28.1 Å². The number of likely N-dealkylation sites (tertiary alicyclic amines) is 1. The number of nitrogens with zero attached hydrogens (tertiary/aromatic N) is 3. The molecule has 2 aromatic carbocycles. The Morgan fingerprint density at radius 1 is 1.00 bits per heavy atom. The average molecular weight is 355 g/mol. The summed E-state index contributed by atoms with van der Waals surface area (Å²) in [4.78, 5) is 6.83. The monoisotopic (exact) mass is 355 g/mol. The summed E-state index contributed by atoms with van der Waals surface area (Å²) in [5.41, 5.74) is 1.82. The van der Waals surface area contributed by atoms with E-state index >= 15 is 0 Å². The molecule has 1 saturated heterocycles. The second-order valence-corrected chi connectivity index (χ2v) is 6.66. The number of benzene rings is 2. The van der Waals surface area contributed by atoms with Gasteiger partial charge < -0.3 is 4.52 Å². The van der Waals surface area contributed by atoms with Crippen LogP contribution < -0.4 is 0 Å². The van der Waals surface area contributed by atoms with Crippen LogP contribution in [0.25, 0.3) is 11.4 Å². The number of aromatic nitrogens is 2. The predicted molar refractivity (Wildman–Crippen MR) is 93.3 cm³/mol. The van der Waals surface area contributed by atoms with Crippen molar-refractivity contribution in [2.24, 2.45) is 0 Å². The van der Waals surface area contributed by atoms with Crippen LogP contribution in [0.3, 0.4) is 0 Å². The largest absolute Gasteiger partial charge is 0.339 e. The van der Waals surface area contributed by atoms with Gasteiger partial charge in [0.05, 0.1) is 5.92 Å². The fourth-order valence-electron chi connectivity index (χ4n) is 3.37. The number of halogens is 2. The summed E-state index contributed by atoms with van der Waals surface area (Å²) < 4.78 is 31.6. The van der Waals surface area contributed by atoms with Gasteiger partial charge >= 0.3 is 0 Å². The summed E-state index contributed by atoms with van der Waals surface area (Å²) in [6, 6.07) is 12.7. The van der Waals surface area contributed by atoms with Crippen molar-refractivity contribution in [3.8, 4) is 11.4 Å². The van der Waals surface area contributed by atoms with Gasteiger partial charge in [-0.2, -0.15) is 4.98 Å². The zero-order valence-electron chi connectivity index (χ0n) is 14.2. The van der Waals surface area contributed by atoms with Crippen molar-refractivity contribution in [3.63, 3.8) is 0 Å². The summed E-state index contributed by atoms with van der Waals surface area (Å²) >= 11 is 0. The molecule has 0 radical (unpaired) electrons. The van der Waals surface area contributed by atoms with Crippen molar-refractivity contribution < 1.29 is 13.3 Å². The fourth-order valence-corrected chi connectivity index (χ4v) is 3.37. The first kappa shape index (κ1) is 16.8. The van der Waals surface area contributed by atoms with Crippen molar-refractivity contribution in [2.75, 3.05) is 13.1 Å². The van der Waals surface area contributed by atoms with Crippen LogP contribution in [0.5, 0.6) is 0 Å². The average Bonchev–Trinajstić information content (AvgIpc) is 3.15. The molecular weight excluding hydrogens is 336 g/mol. The first-order valence-electron chi connectivity index (χ1n) is 8.74. The Morgan fingerprint density at radius 3 is 2.42 bits per heavy atom. The van der Waals surface area contributed by atoms with E-state index in [0.29, 0.717) is 11.7 Å². The molecule has 1 aliphatic rings. The van der Waals surface area contributed by atoms with Crippen LogP contribution in [0.2, 0.25) is 0 Å². The van der Waals surface area contributed by atoms with Crippen LogP contribution in [0.4, 0.5) is 8.78 Å². The lowest BCUT2D eigenvalue weighted by molar-refractivity contribution is 0.180. The highest BCUT2D eigenvalue weighted by Gasteiger charge is 2.26. The summed E-state index contributed by atoms with van der Waals surface area (Å²) in [7, 11) is 0. The van der Waals surface area contributed by atoms with Crippen molar-refractivity contribution in [1.29, 1.82) is 0 Å². The molecule has 3 aromatic rings. The normalized spacial score (nSPS) is 18.2. The van der Waals surface area contributed by atoms with Gasteiger partial charge in [0.2, 0.25) is 11.7 Å². The summed E-state index contributed by atoms with van der Waals surface area (Å²) in [5, 5.41) is 4.04. The molecule has 1 aliphatic heterocycles. The Bertz CT molecular complexity index is 862. The van der Waals surface area contributed by atoms with E-state index in [4.69, 9.17) is 4.52 Å². The third-order valence-electron chi connectivity index (χ3n) is 4.72. The van der Waals surface area contributed by atoms with E-state index in [1.54, 1.807) is 12.1 Å². The standard InChI is InChI=1S/C20H19F2N3O/c21-17-7-3-14(4-8-17)12-25-11-1-2-16(13-25)20-23-19(24-26-20)15-5-9-18(22)10-6-15/h3-10,16H,1-2,11-13H2/t16-/m1/s1. The van der Waals surface area contributed by atoms with Crippen LogP contribution in [0, 0.1) is 11.6 Å². The Kier molecular flexibility index (Phi) is 4.75. The molecule has 1 aromatic heterocycles. The van der Waals surface area contributed by atoms with Crippen LogP contribution in [-0.2, 0) is 6.54 Å². The molecule has 0 bridgehead atoms. The SMILES string of the molecule is Fc1ccc(CN2CCC[C@@H](c3nc(-c4ccc(F)cc4)no3)C2)cc1. The van der Waals surface area contributed by atoms with Gasteiger partial charge in [0, 0.05) is 18.7 Å². The van der Waals surface area contributed by atoms with E-state index < -0.39 is 0 Å². The molecule has 0 amide bonds. The lowest BCUT2D eigenvalue weighted by Crippen LogP contribution is -2.34. The molecule has 1 fully saturated rings. The number of hydrogen-bond donors (Lipinski definition) is 0. The number of hydrogen-bond acceptors (Lipinski definition) is 4. The van der Waals surface area contributed by atoms with E-state index in [1.165, 1.54) is 24.3 Å².